The lowest BCUT2D eigenvalue weighted by Gasteiger charge is -2.29. The van der Waals surface area contributed by atoms with Gasteiger partial charge in [-0.05, 0) is 39.0 Å². The molecule has 2 aliphatic rings. The number of quaternary nitrogens is 1. The van der Waals surface area contributed by atoms with Gasteiger partial charge in [-0.15, -0.1) is 4.48 Å². The highest BCUT2D eigenvalue weighted by atomic mass is 35.5. The molecule has 4 rings (SSSR count). The van der Waals surface area contributed by atoms with E-state index in [9.17, 15) is 19.2 Å². The number of amides is 4. The number of nitrogens with one attached hydrogen (secondary N) is 2. The standard InChI is InChI=1S/C23H21Cl2N3O5/c1-22(2,3)20(31)33-12-28(11-13-8-9-15(24)16(25)10-13)19(30)23(27-21(28)32)14-6-4-5-7-17(14)26-18(23)29/h4-10H,11-12H2,1-3H3,(H-,26,27,29,32)/p+1. The van der Waals surface area contributed by atoms with Crippen LogP contribution in [-0.4, -0.2) is 35.0 Å². The van der Waals surface area contributed by atoms with Crippen molar-refractivity contribution < 1.29 is 28.4 Å². The van der Waals surface area contributed by atoms with E-state index in [-0.39, 0.29) is 11.6 Å². The molecule has 2 aromatic carbocycles. The third-order valence-electron chi connectivity index (χ3n) is 5.78. The van der Waals surface area contributed by atoms with E-state index in [4.69, 9.17) is 27.9 Å². The van der Waals surface area contributed by atoms with Crippen molar-refractivity contribution in [3.63, 3.8) is 0 Å². The molecule has 0 radical (unpaired) electrons. The molecule has 0 saturated carbocycles. The second-order valence-corrected chi connectivity index (χ2v) is 9.98. The van der Waals surface area contributed by atoms with E-state index < -0.39 is 46.0 Å². The van der Waals surface area contributed by atoms with Crippen molar-refractivity contribution in [1.29, 1.82) is 0 Å². The van der Waals surface area contributed by atoms with E-state index in [1.54, 1.807) is 57.2 Å². The second-order valence-electron chi connectivity index (χ2n) is 9.17. The number of para-hydroxylation sites is 1. The first-order valence-electron chi connectivity index (χ1n) is 10.2. The Balaban J connectivity index is 1.81. The number of rotatable bonds is 4. The molecule has 0 bridgehead atoms. The summed E-state index contributed by atoms with van der Waals surface area (Å²) in [6.45, 7) is 4.19. The first-order valence-corrected chi connectivity index (χ1v) is 10.9. The number of benzene rings is 2. The number of anilines is 1. The summed E-state index contributed by atoms with van der Waals surface area (Å²) in [6.07, 6.45) is 0. The lowest BCUT2D eigenvalue weighted by atomic mass is 9.90. The van der Waals surface area contributed by atoms with Gasteiger partial charge in [0, 0.05) is 16.8 Å². The van der Waals surface area contributed by atoms with Crippen molar-refractivity contribution in [3.05, 3.63) is 63.6 Å². The highest BCUT2D eigenvalue weighted by Gasteiger charge is 2.72. The lowest BCUT2D eigenvalue weighted by molar-refractivity contribution is -0.803. The molecule has 1 spiro atoms. The maximum Gasteiger partial charge on any atom is 0.428 e. The monoisotopic (exact) mass is 490 g/mol. The molecule has 0 aromatic heterocycles. The number of imide groups is 1. The molecule has 33 heavy (non-hydrogen) atoms. The topological polar surface area (TPSA) is 102 Å². The molecule has 0 aliphatic carbocycles. The van der Waals surface area contributed by atoms with Crippen LogP contribution in [0.15, 0.2) is 42.5 Å². The zero-order chi connectivity index (χ0) is 24.2. The van der Waals surface area contributed by atoms with Gasteiger partial charge >= 0.3 is 17.9 Å². The fraction of sp³-hybridized carbons (Fsp3) is 0.304. The van der Waals surface area contributed by atoms with Crippen LogP contribution < -0.4 is 10.6 Å². The quantitative estimate of drug-likeness (QED) is 0.292. The third kappa shape index (κ3) is 3.58. The third-order valence-corrected chi connectivity index (χ3v) is 6.52. The first-order chi connectivity index (χ1) is 15.4. The molecule has 8 nitrogen and oxygen atoms in total. The fourth-order valence-corrected chi connectivity index (χ4v) is 4.29. The Labute approximate surface area is 200 Å². The second kappa shape index (κ2) is 7.83. The predicted octanol–water partition coefficient (Wildman–Crippen LogP) is 3.95. The number of ether oxygens (including phenoxy) is 1. The van der Waals surface area contributed by atoms with E-state index in [2.05, 4.69) is 10.6 Å². The number of fused-ring (bicyclic) bond motifs is 2. The lowest BCUT2D eigenvalue weighted by Crippen LogP contribution is -2.57. The molecule has 10 heteroatoms. The van der Waals surface area contributed by atoms with Gasteiger partial charge in [0.05, 0.1) is 15.5 Å². The molecule has 1 saturated heterocycles. The Morgan fingerprint density at radius 1 is 1.06 bits per heavy atom. The van der Waals surface area contributed by atoms with Gasteiger partial charge in [-0.2, -0.15) is 0 Å². The maximum absolute atomic E-state index is 14.0. The summed E-state index contributed by atoms with van der Waals surface area (Å²) in [5, 5.41) is 5.81. The number of carbonyl (C=O) groups is 4. The average Bonchev–Trinajstić information content (AvgIpc) is 3.15. The van der Waals surface area contributed by atoms with Gasteiger partial charge in [-0.25, -0.2) is 9.59 Å². The molecule has 2 aliphatic heterocycles. The number of halogens is 2. The number of nitrogens with zero attached hydrogens (tertiary/aromatic N) is 1. The average molecular weight is 491 g/mol. The van der Waals surface area contributed by atoms with Crippen molar-refractivity contribution in [1.82, 2.24) is 5.32 Å². The molecule has 4 amide bonds. The molecular formula is C23H22Cl2N3O5+. The van der Waals surface area contributed by atoms with Crippen LogP contribution >= 0.6 is 23.2 Å². The van der Waals surface area contributed by atoms with Gasteiger partial charge in [0.25, 0.3) is 11.4 Å². The molecule has 2 N–H and O–H groups in total. The molecule has 2 atom stereocenters. The summed E-state index contributed by atoms with van der Waals surface area (Å²) in [7, 11) is 0. The fourth-order valence-electron chi connectivity index (χ4n) is 3.97. The van der Waals surface area contributed by atoms with Gasteiger partial charge in [0.15, 0.2) is 0 Å². The molecule has 2 aromatic rings. The Hall–Kier alpha value is -2.94. The van der Waals surface area contributed by atoms with Crippen LogP contribution in [0.5, 0.6) is 0 Å². The number of carbonyl (C=O) groups excluding carboxylic acids is 4. The zero-order valence-corrected chi connectivity index (χ0v) is 19.7. The number of hydrogen-bond acceptors (Lipinski definition) is 5. The van der Waals surface area contributed by atoms with Gasteiger partial charge in [0.2, 0.25) is 6.73 Å². The largest absolute Gasteiger partial charge is 0.428 e. The minimum atomic E-state index is -1.93. The van der Waals surface area contributed by atoms with Crippen molar-refractivity contribution >= 4 is 52.7 Å². The van der Waals surface area contributed by atoms with Crippen LogP contribution in [0.2, 0.25) is 10.0 Å². The molecular weight excluding hydrogens is 469 g/mol. The minimum Gasteiger partial charge on any atom is -0.413 e. The Kier molecular flexibility index (Phi) is 5.51. The summed E-state index contributed by atoms with van der Waals surface area (Å²) in [5.41, 5.74) is -1.52. The van der Waals surface area contributed by atoms with Gasteiger partial charge in [-0.1, -0.05) is 47.5 Å². The highest BCUT2D eigenvalue weighted by molar-refractivity contribution is 6.42. The first kappa shape index (κ1) is 23.2. The van der Waals surface area contributed by atoms with Crippen molar-refractivity contribution in [2.75, 3.05) is 12.0 Å². The summed E-state index contributed by atoms with van der Waals surface area (Å²) < 4.78 is 4.49. The summed E-state index contributed by atoms with van der Waals surface area (Å²) in [5.74, 6) is -2.01. The van der Waals surface area contributed by atoms with E-state index in [0.717, 1.165) is 0 Å². The van der Waals surface area contributed by atoms with Crippen LogP contribution in [0.1, 0.15) is 31.9 Å². The van der Waals surface area contributed by atoms with E-state index in [1.165, 1.54) is 6.07 Å². The van der Waals surface area contributed by atoms with Gasteiger partial charge < -0.3 is 10.1 Å². The predicted molar refractivity (Wildman–Crippen MR) is 121 cm³/mol. The number of hydrogen-bond donors (Lipinski definition) is 2. The highest BCUT2D eigenvalue weighted by Crippen LogP contribution is 2.43. The number of esters is 1. The van der Waals surface area contributed by atoms with Gasteiger partial charge in [0.1, 0.15) is 6.54 Å². The normalized spacial score (nSPS) is 24.0. The van der Waals surface area contributed by atoms with Gasteiger partial charge in [-0.3, -0.25) is 14.9 Å². The van der Waals surface area contributed by atoms with Crippen LogP contribution in [0, 0.1) is 5.41 Å². The summed E-state index contributed by atoms with van der Waals surface area (Å²) in [4.78, 5) is 53.0. The van der Waals surface area contributed by atoms with Crippen molar-refractivity contribution in [3.8, 4) is 0 Å². The van der Waals surface area contributed by atoms with Crippen LogP contribution in [0.4, 0.5) is 10.5 Å². The molecule has 1 fully saturated rings. The molecule has 172 valence electrons. The maximum atomic E-state index is 14.0. The summed E-state index contributed by atoms with van der Waals surface area (Å²) >= 11 is 12.2. The SMILES string of the molecule is CC(C)(C)C(=O)OC[N+]1(Cc2ccc(Cl)c(Cl)c2)C(=O)NC2(C(=O)Nc3ccccc32)C1=O. The Morgan fingerprint density at radius 3 is 2.42 bits per heavy atom. The molecule has 2 unspecified atom stereocenters. The zero-order valence-electron chi connectivity index (χ0n) is 18.2. The smallest absolute Gasteiger partial charge is 0.413 e. The van der Waals surface area contributed by atoms with Crippen LogP contribution in [0.25, 0.3) is 0 Å². The van der Waals surface area contributed by atoms with Crippen LogP contribution in [-0.2, 0) is 31.2 Å². The molecule has 2 heterocycles. The Bertz CT molecular complexity index is 1210. The Morgan fingerprint density at radius 2 is 1.76 bits per heavy atom. The van der Waals surface area contributed by atoms with E-state index in [0.29, 0.717) is 21.8 Å². The van der Waals surface area contributed by atoms with Crippen molar-refractivity contribution in [2.45, 2.75) is 32.9 Å². The van der Waals surface area contributed by atoms with Crippen molar-refractivity contribution in [2.24, 2.45) is 5.41 Å². The van der Waals surface area contributed by atoms with E-state index >= 15 is 0 Å². The van der Waals surface area contributed by atoms with E-state index in [1.807, 2.05) is 0 Å². The number of urea groups is 1. The van der Waals surface area contributed by atoms with Crippen LogP contribution in [0.3, 0.4) is 0 Å². The summed E-state index contributed by atoms with van der Waals surface area (Å²) in [6, 6.07) is 10.6. The minimum absolute atomic E-state index is 0.198.